The number of aromatic nitrogens is 1. The summed E-state index contributed by atoms with van der Waals surface area (Å²) < 4.78 is 26.6. The van der Waals surface area contributed by atoms with Gasteiger partial charge in [-0.2, -0.15) is 0 Å². The number of H-pyrrole nitrogens is 1. The van der Waals surface area contributed by atoms with Gasteiger partial charge in [-0.15, -0.1) is 0 Å². The molecule has 0 saturated heterocycles. The van der Waals surface area contributed by atoms with Crippen LogP contribution in [0.1, 0.15) is 12.0 Å². The van der Waals surface area contributed by atoms with Gasteiger partial charge in [0.25, 0.3) is 5.56 Å². The molecule has 1 aromatic heterocycles. The molecule has 0 aliphatic rings. The van der Waals surface area contributed by atoms with Gasteiger partial charge in [0.1, 0.15) is 11.6 Å². The lowest BCUT2D eigenvalue weighted by Crippen LogP contribution is -2.17. The molecule has 2 aromatic carbocycles. The number of nitrogens with one attached hydrogen (secondary N) is 2. The lowest BCUT2D eigenvalue weighted by molar-refractivity contribution is -0.116. The lowest BCUT2D eigenvalue weighted by Gasteiger charge is -2.06. The number of aryl methyl sites for hydroxylation is 1. The van der Waals surface area contributed by atoms with Crippen LogP contribution in [0.4, 0.5) is 14.5 Å². The van der Waals surface area contributed by atoms with Gasteiger partial charge in [0.05, 0.1) is 11.2 Å². The molecule has 122 valence electrons. The van der Waals surface area contributed by atoms with Crippen molar-refractivity contribution in [2.45, 2.75) is 12.8 Å². The van der Waals surface area contributed by atoms with E-state index >= 15 is 0 Å². The lowest BCUT2D eigenvalue weighted by atomic mass is 10.1. The molecule has 0 unspecified atom stereocenters. The molecular formula is C18H14F2N2O2. The Labute approximate surface area is 136 Å². The topological polar surface area (TPSA) is 62.0 Å². The summed E-state index contributed by atoms with van der Waals surface area (Å²) in [6.07, 6.45) is 0.229. The van der Waals surface area contributed by atoms with E-state index in [2.05, 4.69) is 10.3 Å². The van der Waals surface area contributed by atoms with Crippen molar-refractivity contribution in [1.29, 1.82) is 0 Å². The number of pyridine rings is 1. The van der Waals surface area contributed by atoms with Crippen LogP contribution in [-0.4, -0.2) is 10.9 Å². The predicted octanol–water partition coefficient (Wildman–Crippen LogP) is 3.38. The highest BCUT2D eigenvalue weighted by molar-refractivity contribution is 5.91. The van der Waals surface area contributed by atoms with Gasteiger partial charge in [-0.3, -0.25) is 9.59 Å². The number of hydrogen-bond acceptors (Lipinski definition) is 2. The number of para-hydroxylation sites is 1. The number of hydrogen-bond donors (Lipinski definition) is 2. The predicted molar refractivity (Wildman–Crippen MR) is 87.9 cm³/mol. The van der Waals surface area contributed by atoms with E-state index in [0.717, 1.165) is 0 Å². The number of halogens is 2. The van der Waals surface area contributed by atoms with Gasteiger partial charge in [-0.05, 0) is 48.2 Å². The fraction of sp³-hybridized carbons (Fsp3) is 0.111. The molecule has 6 heteroatoms. The van der Waals surface area contributed by atoms with Crippen LogP contribution in [0.2, 0.25) is 0 Å². The Morgan fingerprint density at radius 2 is 1.88 bits per heavy atom. The highest BCUT2D eigenvalue weighted by Gasteiger charge is 2.09. The fourth-order valence-electron chi connectivity index (χ4n) is 2.43. The molecule has 0 radical (unpaired) electrons. The van der Waals surface area contributed by atoms with Crippen LogP contribution in [-0.2, 0) is 11.2 Å². The van der Waals surface area contributed by atoms with E-state index in [1.54, 1.807) is 18.2 Å². The summed E-state index contributed by atoms with van der Waals surface area (Å²) in [6.45, 7) is 0. The van der Waals surface area contributed by atoms with Crippen molar-refractivity contribution in [3.05, 3.63) is 76.1 Å². The first-order valence-electron chi connectivity index (χ1n) is 7.39. The Morgan fingerprint density at radius 3 is 2.67 bits per heavy atom. The second-order valence-electron chi connectivity index (χ2n) is 5.38. The van der Waals surface area contributed by atoms with Crippen LogP contribution >= 0.6 is 0 Å². The minimum atomic E-state index is -0.517. The van der Waals surface area contributed by atoms with Gasteiger partial charge in [0.15, 0.2) is 0 Å². The number of carbonyl (C=O) groups is 1. The normalized spacial score (nSPS) is 10.8. The summed E-state index contributed by atoms with van der Waals surface area (Å²) in [7, 11) is 0. The molecule has 0 atom stereocenters. The van der Waals surface area contributed by atoms with Gasteiger partial charge in [0, 0.05) is 12.0 Å². The average molecular weight is 328 g/mol. The van der Waals surface area contributed by atoms with Gasteiger partial charge in [0.2, 0.25) is 5.91 Å². The zero-order valence-corrected chi connectivity index (χ0v) is 12.6. The maximum Gasteiger partial charge on any atom is 0.251 e. The van der Waals surface area contributed by atoms with Gasteiger partial charge >= 0.3 is 0 Å². The van der Waals surface area contributed by atoms with Gasteiger partial charge in [-0.1, -0.05) is 12.1 Å². The largest absolute Gasteiger partial charge is 0.324 e. The number of aromatic amines is 1. The molecule has 3 aromatic rings. The monoisotopic (exact) mass is 328 g/mol. The quantitative estimate of drug-likeness (QED) is 0.771. The number of benzene rings is 2. The first kappa shape index (κ1) is 15.9. The van der Waals surface area contributed by atoms with E-state index in [9.17, 15) is 18.4 Å². The second kappa shape index (κ2) is 6.62. The molecule has 0 aliphatic heterocycles. The molecule has 0 spiro atoms. The summed E-state index contributed by atoms with van der Waals surface area (Å²) in [5, 5.41) is 3.15. The zero-order valence-electron chi connectivity index (χ0n) is 12.6. The standard InChI is InChI=1S/C18H14F2N2O2/c19-13-7-5-11-9-12(18(24)22-16(11)10-13)6-8-17(23)21-15-4-2-1-3-14(15)20/h1-5,7,9-10H,6,8H2,(H,21,23)(H,22,24). The minimum absolute atomic E-state index is 0.0319. The van der Waals surface area contributed by atoms with Crippen LogP contribution in [0.3, 0.4) is 0 Å². The Bertz CT molecular complexity index is 967. The van der Waals surface area contributed by atoms with Crippen molar-refractivity contribution in [3.63, 3.8) is 0 Å². The van der Waals surface area contributed by atoms with Crippen molar-refractivity contribution in [2.75, 3.05) is 5.32 Å². The van der Waals surface area contributed by atoms with E-state index in [0.29, 0.717) is 16.5 Å². The summed E-state index contributed by atoms with van der Waals surface area (Å²) in [4.78, 5) is 26.5. The zero-order chi connectivity index (χ0) is 17.1. The maximum absolute atomic E-state index is 13.5. The first-order valence-corrected chi connectivity index (χ1v) is 7.39. The van der Waals surface area contributed by atoms with E-state index in [4.69, 9.17) is 0 Å². The highest BCUT2D eigenvalue weighted by Crippen LogP contribution is 2.15. The van der Waals surface area contributed by atoms with E-state index in [1.807, 2.05) is 0 Å². The van der Waals surface area contributed by atoms with Crippen LogP contribution in [0, 0.1) is 11.6 Å². The number of fused-ring (bicyclic) bond motifs is 1. The Kier molecular flexibility index (Phi) is 4.37. The van der Waals surface area contributed by atoms with Crippen molar-refractivity contribution in [3.8, 4) is 0 Å². The van der Waals surface area contributed by atoms with Crippen LogP contribution in [0.15, 0.2) is 53.3 Å². The average Bonchev–Trinajstić information content (AvgIpc) is 2.55. The SMILES string of the molecule is O=C(CCc1cc2ccc(F)cc2[nH]c1=O)Nc1ccccc1F. The summed E-state index contributed by atoms with van der Waals surface area (Å²) in [5.41, 5.74) is 0.550. The number of amides is 1. The van der Waals surface area contributed by atoms with Crippen molar-refractivity contribution >= 4 is 22.5 Å². The van der Waals surface area contributed by atoms with E-state index in [1.165, 1.54) is 30.3 Å². The van der Waals surface area contributed by atoms with Crippen LogP contribution in [0.5, 0.6) is 0 Å². The molecule has 0 saturated carbocycles. The first-order chi connectivity index (χ1) is 11.5. The van der Waals surface area contributed by atoms with Crippen molar-refractivity contribution in [2.24, 2.45) is 0 Å². The summed E-state index contributed by atoms with van der Waals surface area (Å²) >= 11 is 0. The Balaban J connectivity index is 1.72. The smallest absolute Gasteiger partial charge is 0.251 e. The second-order valence-corrected chi connectivity index (χ2v) is 5.38. The van der Waals surface area contributed by atoms with Crippen LogP contribution < -0.4 is 10.9 Å². The molecule has 2 N–H and O–H groups in total. The third-order valence-electron chi connectivity index (χ3n) is 3.65. The van der Waals surface area contributed by atoms with Crippen LogP contribution in [0.25, 0.3) is 10.9 Å². The van der Waals surface area contributed by atoms with E-state index in [-0.39, 0.29) is 24.1 Å². The fourth-order valence-corrected chi connectivity index (χ4v) is 2.43. The maximum atomic E-state index is 13.5. The van der Waals surface area contributed by atoms with Crippen molar-refractivity contribution in [1.82, 2.24) is 4.98 Å². The number of carbonyl (C=O) groups excluding carboxylic acids is 1. The molecule has 24 heavy (non-hydrogen) atoms. The molecule has 1 amide bonds. The molecule has 4 nitrogen and oxygen atoms in total. The summed E-state index contributed by atoms with van der Waals surface area (Å²) in [5.74, 6) is -1.34. The molecule has 3 rings (SSSR count). The Hall–Kier alpha value is -3.02. The number of rotatable bonds is 4. The third kappa shape index (κ3) is 3.48. The molecule has 1 heterocycles. The van der Waals surface area contributed by atoms with Gasteiger partial charge in [-0.25, -0.2) is 8.78 Å². The minimum Gasteiger partial charge on any atom is -0.324 e. The highest BCUT2D eigenvalue weighted by atomic mass is 19.1. The molecule has 0 fully saturated rings. The van der Waals surface area contributed by atoms with E-state index < -0.39 is 17.5 Å². The van der Waals surface area contributed by atoms with Gasteiger partial charge < -0.3 is 10.3 Å². The Morgan fingerprint density at radius 1 is 1.08 bits per heavy atom. The van der Waals surface area contributed by atoms with Crippen molar-refractivity contribution < 1.29 is 13.6 Å². The molecule has 0 aliphatic carbocycles. The summed E-state index contributed by atoms with van der Waals surface area (Å²) in [6, 6.07) is 11.6. The molecular weight excluding hydrogens is 314 g/mol. The third-order valence-corrected chi connectivity index (χ3v) is 3.65. The molecule has 0 bridgehead atoms. The number of anilines is 1.